The topological polar surface area (TPSA) is 123 Å². The van der Waals surface area contributed by atoms with E-state index >= 15 is 0 Å². The molecule has 0 bridgehead atoms. The van der Waals surface area contributed by atoms with Crippen molar-refractivity contribution in [3.05, 3.63) is 44.9 Å². The smallest absolute Gasteiger partial charge is 0.277 e. The number of ketones is 1. The highest BCUT2D eigenvalue weighted by Gasteiger charge is 2.35. The molecule has 1 saturated carbocycles. The Labute approximate surface area is 163 Å². The summed E-state index contributed by atoms with van der Waals surface area (Å²) in [5.41, 5.74) is 0.0974. The summed E-state index contributed by atoms with van der Waals surface area (Å²) in [5, 5.41) is 2.91. The molecule has 0 unspecified atom stereocenters. The maximum absolute atomic E-state index is 13.2. The highest BCUT2D eigenvalue weighted by Crippen LogP contribution is 2.40. The summed E-state index contributed by atoms with van der Waals surface area (Å²) < 4.78 is 50.7. The Morgan fingerprint density at radius 1 is 1.21 bits per heavy atom. The van der Waals surface area contributed by atoms with Crippen molar-refractivity contribution in [2.45, 2.75) is 42.4 Å². The fourth-order valence-corrected chi connectivity index (χ4v) is 6.21. The van der Waals surface area contributed by atoms with E-state index in [0.717, 1.165) is 25.2 Å². The van der Waals surface area contributed by atoms with Gasteiger partial charge in [0.15, 0.2) is 19.7 Å². The van der Waals surface area contributed by atoms with Crippen LogP contribution >= 0.6 is 0 Å². The van der Waals surface area contributed by atoms with Crippen molar-refractivity contribution in [3.63, 3.8) is 0 Å². The molecule has 1 aromatic carbocycles. The Morgan fingerprint density at radius 2 is 1.82 bits per heavy atom. The van der Waals surface area contributed by atoms with Crippen molar-refractivity contribution >= 4 is 25.5 Å². The van der Waals surface area contributed by atoms with Gasteiger partial charge in [0, 0.05) is 24.8 Å². The van der Waals surface area contributed by atoms with E-state index in [0.29, 0.717) is 5.69 Å². The maximum Gasteiger partial charge on any atom is 0.277 e. The van der Waals surface area contributed by atoms with E-state index in [9.17, 15) is 26.4 Å². The van der Waals surface area contributed by atoms with Crippen molar-refractivity contribution in [2.75, 3.05) is 12.0 Å². The minimum Gasteiger partial charge on any atom is -0.299 e. The number of aryl methyl sites for hydroxylation is 1. The number of nitrogens with zero attached hydrogens (tertiary/aromatic N) is 1. The van der Waals surface area contributed by atoms with Gasteiger partial charge in [-0.05, 0) is 37.5 Å². The first-order valence-corrected chi connectivity index (χ1v) is 12.3. The van der Waals surface area contributed by atoms with Gasteiger partial charge in [-0.3, -0.25) is 19.4 Å². The molecule has 0 saturated heterocycles. The summed E-state index contributed by atoms with van der Waals surface area (Å²) >= 11 is 0. The second-order valence-corrected chi connectivity index (χ2v) is 11.3. The Bertz CT molecular complexity index is 1250. The molecule has 0 amide bonds. The molecule has 0 spiro atoms. The number of H-pyrrole nitrogens is 1. The van der Waals surface area contributed by atoms with E-state index in [1.165, 1.54) is 31.6 Å². The zero-order valence-corrected chi connectivity index (χ0v) is 17.7. The number of nitrogens with one attached hydrogen (secondary N) is 1. The van der Waals surface area contributed by atoms with E-state index in [-0.39, 0.29) is 38.2 Å². The lowest BCUT2D eigenvalue weighted by Crippen LogP contribution is -2.21. The molecule has 1 heterocycles. The summed E-state index contributed by atoms with van der Waals surface area (Å²) in [7, 11) is -6.25. The van der Waals surface area contributed by atoms with Crippen LogP contribution in [0, 0.1) is 6.92 Å². The zero-order chi connectivity index (χ0) is 21.0. The number of rotatable bonds is 6. The largest absolute Gasteiger partial charge is 0.299 e. The van der Waals surface area contributed by atoms with Crippen molar-refractivity contribution in [2.24, 2.45) is 7.05 Å². The van der Waals surface area contributed by atoms with Crippen LogP contribution < -0.4 is 5.56 Å². The highest BCUT2D eigenvalue weighted by molar-refractivity contribution is 7.94. The van der Waals surface area contributed by atoms with Gasteiger partial charge in [0.25, 0.3) is 5.56 Å². The van der Waals surface area contributed by atoms with Crippen LogP contribution in [0.25, 0.3) is 0 Å². The molecule has 0 aliphatic heterocycles. The number of carbonyl (C=O) groups excluding carboxylic acids is 1. The maximum atomic E-state index is 13.2. The summed E-state index contributed by atoms with van der Waals surface area (Å²) in [6.45, 7) is 2.81. The van der Waals surface area contributed by atoms with Gasteiger partial charge in [-0.15, -0.1) is 0 Å². The number of aromatic nitrogens is 2. The third-order valence-electron chi connectivity index (χ3n) is 4.99. The van der Waals surface area contributed by atoms with Crippen molar-refractivity contribution in [3.8, 4) is 0 Å². The van der Waals surface area contributed by atoms with Crippen LogP contribution in [0.5, 0.6) is 0 Å². The molecule has 1 fully saturated rings. The molecule has 1 N–H and O–H groups in total. The molecule has 8 nitrogen and oxygen atoms in total. The SMILES string of the molecule is CCS(=O)(=O)c1c(S(C)(=O)=O)ccc(C(=O)c2c(C3CC3)[nH]n(C)c2=O)c1C. The fraction of sp³-hybridized carbons (Fsp3) is 0.444. The average molecular weight is 427 g/mol. The summed E-state index contributed by atoms with van der Waals surface area (Å²) in [5.74, 6) is -0.816. The number of benzene rings is 1. The molecular weight excluding hydrogens is 404 g/mol. The highest BCUT2D eigenvalue weighted by atomic mass is 32.2. The van der Waals surface area contributed by atoms with Crippen LogP contribution in [-0.4, -0.2) is 44.4 Å². The minimum atomic E-state index is -3.92. The molecule has 1 aliphatic carbocycles. The predicted molar refractivity (Wildman–Crippen MR) is 103 cm³/mol. The lowest BCUT2D eigenvalue weighted by Gasteiger charge is -2.14. The van der Waals surface area contributed by atoms with Crippen LogP contribution in [-0.2, 0) is 26.7 Å². The van der Waals surface area contributed by atoms with Gasteiger partial charge in [0.1, 0.15) is 5.56 Å². The van der Waals surface area contributed by atoms with Crippen molar-refractivity contribution in [1.82, 2.24) is 9.78 Å². The first-order valence-electron chi connectivity index (χ1n) is 8.80. The van der Waals surface area contributed by atoms with Crippen molar-refractivity contribution in [1.29, 1.82) is 0 Å². The first kappa shape index (κ1) is 20.5. The monoisotopic (exact) mass is 426 g/mol. The first-order chi connectivity index (χ1) is 12.9. The summed E-state index contributed by atoms with van der Waals surface area (Å²) in [6.07, 6.45) is 2.65. The van der Waals surface area contributed by atoms with Crippen molar-refractivity contribution < 1.29 is 21.6 Å². The predicted octanol–water partition coefficient (Wildman–Crippen LogP) is 1.33. The van der Waals surface area contributed by atoms with Gasteiger partial charge < -0.3 is 0 Å². The lowest BCUT2D eigenvalue weighted by atomic mass is 9.98. The molecular formula is C18H22N2O6S2. The fourth-order valence-electron chi connectivity index (χ4n) is 3.33. The number of carbonyl (C=O) groups is 1. The number of sulfone groups is 2. The normalized spacial score (nSPS) is 15.0. The third kappa shape index (κ3) is 3.35. The van der Waals surface area contributed by atoms with Crippen LogP contribution in [0.2, 0.25) is 0 Å². The molecule has 152 valence electrons. The van der Waals surface area contributed by atoms with E-state index in [1.807, 2.05) is 0 Å². The number of aromatic amines is 1. The quantitative estimate of drug-likeness (QED) is 0.695. The van der Waals surface area contributed by atoms with E-state index in [4.69, 9.17) is 0 Å². The van der Waals surface area contributed by atoms with Crippen LogP contribution in [0.3, 0.4) is 0 Å². The van der Waals surface area contributed by atoms with Gasteiger partial charge in [-0.2, -0.15) is 0 Å². The van der Waals surface area contributed by atoms with Gasteiger partial charge in [-0.1, -0.05) is 6.92 Å². The molecule has 0 radical (unpaired) electrons. The Kier molecular flexibility index (Phi) is 4.91. The molecule has 2 aromatic rings. The standard InChI is InChI=1S/C18H22N2O6S2/c1-5-28(25,26)17-10(2)12(8-9-13(17)27(4,23)24)16(21)14-15(11-6-7-11)19-20(3)18(14)22/h8-9,11,19H,5-7H2,1-4H3. The molecule has 3 rings (SSSR count). The Balaban J connectivity index is 2.29. The number of hydrogen-bond acceptors (Lipinski definition) is 6. The molecule has 1 aliphatic rings. The summed E-state index contributed by atoms with van der Waals surface area (Å²) in [4.78, 5) is 25.0. The average Bonchev–Trinajstić information content (AvgIpc) is 3.39. The van der Waals surface area contributed by atoms with E-state index in [2.05, 4.69) is 5.10 Å². The van der Waals surface area contributed by atoms with Crippen LogP contribution in [0.15, 0.2) is 26.7 Å². The molecule has 0 atom stereocenters. The third-order valence-corrected chi connectivity index (χ3v) is 8.17. The molecule has 1 aromatic heterocycles. The zero-order valence-electron chi connectivity index (χ0n) is 16.1. The molecule has 10 heteroatoms. The molecule has 28 heavy (non-hydrogen) atoms. The number of hydrogen-bond donors (Lipinski definition) is 1. The second-order valence-electron chi connectivity index (χ2n) is 7.11. The Morgan fingerprint density at radius 3 is 2.32 bits per heavy atom. The van der Waals surface area contributed by atoms with Crippen LogP contribution in [0.4, 0.5) is 0 Å². The van der Waals surface area contributed by atoms with Gasteiger partial charge in [0.05, 0.1) is 21.2 Å². The second kappa shape index (κ2) is 6.70. The van der Waals surface area contributed by atoms with E-state index in [1.54, 1.807) is 0 Å². The minimum absolute atomic E-state index is 0.0121. The van der Waals surface area contributed by atoms with E-state index < -0.39 is 31.0 Å². The summed E-state index contributed by atoms with van der Waals surface area (Å²) in [6, 6.07) is 2.41. The van der Waals surface area contributed by atoms with Gasteiger partial charge >= 0.3 is 0 Å². The Hall–Kier alpha value is -2.20. The lowest BCUT2D eigenvalue weighted by molar-refractivity contribution is 0.103. The van der Waals surface area contributed by atoms with Crippen LogP contribution in [0.1, 0.15) is 52.9 Å². The van der Waals surface area contributed by atoms with Gasteiger partial charge in [-0.25, -0.2) is 16.8 Å². The van der Waals surface area contributed by atoms with Gasteiger partial charge in [0.2, 0.25) is 5.78 Å².